The Balaban J connectivity index is 2.26. The number of hydrogen-bond donors (Lipinski definition) is 0. The first kappa shape index (κ1) is 15.2. The van der Waals surface area contributed by atoms with Gasteiger partial charge in [-0.05, 0) is 31.9 Å². The number of ether oxygens (including phenoxy) is 2. The van der Waals surface area contributed by atoms with E-state index in [4.69, 9.17) is 44.3 Å². The number of benzene rings is 1. The van der Waals surface area contributed by atoms with Crippen LogP contribution < -0.4 is 4.74 Å². The van der Waals surface area contributed by atoms with Crippen LogP contribution in [0, 0.1) is 5.92 Å². The van der Waals surface area contributed by atoms with Crippen molar-refractivity contribution >= 4 is 34.8 Å². The molecule has 1 aliphatic rings. The fraction of sp³-hybridized carbons (Fsp3) is 0.571. The Morgan fingerprint density at radius 1 is 1.37 bits per heavy atom. The zero-order valence-corrected chi connectivity index (χ0v) is 13.2. The van der Waals surface area contributed by atoms with Gasteiger partial charge < -0.3 is 9.47 Å². The lowest BCUT2D eigenvalue weighted by Crippen LogP contribution is -2.16. The van der Waals surface area contributed by atoms with E-state index in [1.165, 1.54) is 0 Å². The van der Waals surface area contributed by atoms with Crippen LogP contribution in [0.1, 0.15) is 31.2 Å². The highest BCUT2D eigenvalue weighted by Gasteiger charge is 2.33. The van der Waals surface area contributed by atoms with Crippen molar-refractivity contribution in [2.75, 3.05) is 13.2 Å². The van der Waals surface area contributed by atoms with E-state index < -0.39 is 0 Å². The molecule has 0 saturated carbocycles. The van der Waals surface area contributed by atoms with Gasteiger partial charge in [-0.15, -0.1) is 11.6 Å². The normalized spacial score (nSPS) is 24.5. The van der Waals surface area contributed by atoms with E-state index in [-0.39, 0.29) is 17.4 Å². The predicted molar refractivity (Wildman–Crippen MR) is 79.7 cm³/mol. The monoisotopic (exact) mass is 322 g/mol. The average Bonchev–Trinajstić information content (AvgIpc) is 2.79. The molecule has 0 spiro atoms. The maximum absolute atomic E-state index is 6.55. The Labute approximate surface area is 128 Å². The molecule has 106 valence electrons. The summed E-state index contributed by atoms with van der Waals surface area (Å²) in [4.78, 5) is 0. The SMILES string of the molecule is CCOc1cc(Cl)c(C(Cl)C2CCOC2C)cc1Cl. The van der Waals surface area contributed by atoms with Crippen molar-refractivity contribution in [1.82, 2.24) is 0 Å². The first-order valence-corrected chi connectivity index (χ1v) is 7.61. The predicted octanol–water partition coefficient (Wildman–Crippen LogP) is 5.10. The minimum Gasteiger partial charge on any atom is -0.492 e. The minimum atomic E-state index is -0.196. The topological polar surface area (TPSA) is 18.5 Å². The summed E-state index contributed by atoms with van der Waals surface area (Å²) in [5, 5.41) is 0.934. The van der Waals surface area contributed by atoms with E-state index in [1.54, 1.807) is 12.1 Å². The lowest BCUT2D eigenvalue weighted by Gasteiger charge is -2.22. The molecular weight excluding hydrogens is 307 g/mol. The van der Waals surface area contributed by atoms with Crippen LogP contribution in [-0.4, -0.2) is 19.3 Å². The second kappa shape index (κ2) is 6.53. The van der Waals surface area contributed by atoms with Crippen LogP contribution >= 0.6 is 34.8 Å². The van der Waals surface area contributed by atoms with Gasteiger partial charge in [-0.3, -0.25) is 0 Å². The minimum absolute atomic E-state index is 0.143. The lowest BCUT2D eigenvalue weighted by atomic mass is 9.93. The maximum atomic E-state index is 6.55. The van der Waals surface area contributed by atoms with Crippen LogP contribution in [0.5, 0.6) is 5.75 Å². The van der Waals surface area contributed by atoms with Gasteiger partial charge in [0.2, 0.25) is 0 Å². The van der Waals surface area contributed by atoms with Gasteiger partial charge in [-0.25, -0.2) is 0 Å². The molecule has 0 amide bonds. The summed E-state index contributed by atoms with van der Waals surface area (Å²) in [5.41, 5.74) is 0.846. The van der Waals surface area contributed by atoms with Crippen molar-refractivity contribution in [3.8, 4) is 5.75 Å². The summed E-state index contributed by atoms with van der Waals surface area (Å²) in [6.07, 6.45) is 1.08. The lowest BCUT2D eigenvalue weighted by molar-refractivity contribution is 0.105. The molecular formula is C14H17Cl3O2. The van der Waals surface area contributed by atoms with E-state index in [9.17, 15) is 0 Å². The van der Waals surface area contributed by atoms with E-state index in [0.29, 0.717) is 22.4 Å². The molecule has 5 heteroatoms. The van der Waals surface area contributed by atoms with Gasteiger partial charge in [-0.2, -0.15) is 0 Å². The zero-order valence-electron chi connectivity index (χ0n) is 11.0. The second-order valence-corrected chi connectivity index (χ2v) is 5.95. The van der Waals surface area contributed by atoms with Crippen LogP contribution in [0.4, 0.5) is 0 Å². The number of hydrogen-bond acceptors (Lipinski definition) is 2. The summed E-state index contributed by atoms with van der Waals surface area (Å²) in [5.74, 6) is 0.852. The van der Waals surface area contributed by atoms with Crippen molar-refractivity contribution in [3.05, 3.63) is 27.7 Å². The third-order valence-electron chi connectivity index (χ3n) is 3.46. The first-order valence-electron chi connectivity index (χ1n) is 6.42. The number of alkyl halides is 1. The van der Waals surface area contributed by atoms with E-state index in [0.717, 1.165) is 18.6 Å². The Kier molecular flexibility index (Phi) is 5.24. The fourth-order valence-electron chi connectivity index (χ4n) is 2.38. The van der Waals surface area contributed by atoms with Crippen molar-refractivity contribution in [2.24, 2.45) is 5.92 Å². The van der Waals surface area contributed by atoms with E-state index >= 15 is 0 Å². The van der Waals surface area contributed by atoms with E-state index in [2.05, 4.69) is 0 Å². The van der Waals surface area contributed by atoms with Crippen LogP contribution in [-0.2, 0) is 4.74 Å². The van der Waals surface area contributed by atoms with Crippen LogP contribution in [0.15, 0.2) is 12.1 Å². The molecule has 1 aromatic rings. The molecule has 1 fully saturated rings. The third kappa shape index (κ3) is 3.30. The van der Waals surface area contributed by atoms with Crippen molar-refractivity contribution in [2.45, 2.75) is 31.7 Å². The Bertz CT molecular complexity index is 451. The second-order valence-electron chi connectivity index (χ2n) is 4.67. The molecule has 2 nitrogen and oxygen atoms in total. The summed E-state index contributed by atoms with van der Waals surface area (Å²) in [6, 6.07) is 3.54. The molecule has 3 atom stereocenters. The van der Waals surface area contributed by atoms with Gasteiger partial charge >= 0.3 is 0 Å². The standard InChI is InChI=1S/C14H17Cl3O2/c1-3-18-13-7-11(15)10(6-12(13)16)14(17)9-4-5-19-8(9)2/h6-9,14H,3-5H2,1-2H3. The largest absolute Gasteiger partial charge is 0.492 e. The highest BCUT2D eigenvalue weighted by Crippen LogP contribution is 2.43. The smallest absolute Gasteiger partial charge is 0.139 e. The molecule has 1 heterocycles. The molecule has 19 heavy (non-hydrogen) atoms. The van der Waals surface area contributed by atoms with E-state index in [1.807, 2.05) is 13.8 Å². The quantitative estimate of drug-likeness (QED) is 0.718. The van der Waals surface area contributed by atoms with Crippen molar-refractivity contribution in [1.29, 1.82) is 0 Å². The summed E-state index contributed by atoms with van der Waals surface area (Å²) < 4.78 is 11.0. The number of rotatable bonds is 4. The number of halogens is 3. The highest BCUT2D eigenvalue weighted by atomic mass is 35.5. The molecule has 0 bridgehead atoms. The van der Waals surface area contributed by atoms with Gasteiger partial charge in [0.1, 0.15) is 5.75 Å². The summed E-state index contributed by atoms with van der Waals surface area (Å²) in [6.45, 7) is 5.24. The molecule has 0 N–H and O–H groups in total. The van der Waals surface area contributed by atoms with Gasteiger partial charge in [0, 0.05) is 23.6 Å². The van der Waals surface area contributed by atoms with Crippen molar-refractivity contribution < 1.29 is 9.47 Å². The van der Waals surface area contributed by atoms with Crippen LogP contribution in [0.3, 0.4) is 0 Å². The molecule has 1 saturated heterocycles. The molecule has 3 unspecified atom stereocenters. The molecule has 0 aromatic heterocycles. The average molecular weight is 324 g/mol. The maximum Gasteiger partial charge on any atom is 0.139 e. The van der Waals surface area contributed by atoms with Gasteiger partial charge in [0.15, 0.2) is 0 Å². The molecule has 0 radical (unpaired) electrons. The van der Waals surface area contributed by atoms with Gasteiger partial charge in [0.25, 0.3) is 0 Å². The Morgan fingerprint density at radius 2 is 2.11 bits per heavy atom. The molecule has 0 aliphatic carbocycles. The molecule has 2 rings (SSSR count). The Morgan fingerprint density at radius 3 is 2.68 bits per heavy atom. The summed E-state index contributed by atoms with van der Waals surface area (Å²) in [7, 11) is 0. The molecule has 1 aromatic carbocycles. The first-order chi connectivity index (χ1) is 9.04. The van der Waals surface area contributed by atoms with Crippen LogP contribution in [0.2, 0.25) is 10.0 Å². The van der Waals surface area contributed by atoms with Crippen molar-refractivity contribution in [3.63, 3.8) is 0 Å². The fourth-order valence-corrected chi connectivity index (χ4v) is 3.45. The van der Waals surface area contributed by atoms with Gasteiger partial charge in [-0.1, -0.05) is 23.2 Å². The Hall–Kier alpha value is -0.150. The van der Waals surface area contributed by atoms with Crippen LogP contribution in [0.25, 0.3) is 0 Å². The highest BCUT2D eigenvalue weighted by molar-refractivity contribution is 6.35. The third-order valence-corrected chi connectivity index (χ3v) is 4.64. The zero-order chi connectivity index (χ0) is 14.0. The summed E-state index contributed by atoms with van der Waals surface area (Å²) >= 11 is 19.0. The van der Waals surface area contributed by atoms with Gasteiger partial charge in [0.05, 0.1) is 23.1 Å². The molecule has 1 aliphatic heterocycles.